The lowest BCUT2D eigenvalue weighted by atomic mass is 10.1. The molecule has 0 aromatic heterocycles. The van der Waals surface area contributed by atoms with E-state index in [0.717, 1.165) is 19.7 Å². The van der Waals surface area contributed by atoms with E-state index in [1.165, 1.54) is 4.90 Å². The van der Waals surface area contributed by atoms with E-state index < -0.39 is 28.5 Å². The van der Waals surface area contributed by atoms with E-state index in [0.29, 0.717) is 17.9 Å². The molecule has 10 heteroatoms. The maximum Gasteiger partial charge on any atom is 0.244 e. The summed E-state index contributed by atoms with van der Waals surface area (Å²) in [5, 5.41) is 2.87. The molecule has 0 aliphatic carbocycles. The molecule has 34 heavy (non-hydrogen) atoms. The molecule has 2 rings (SSSR count). The Hall–Kier alpha value is -2.34. The van der Waals surface area contributed by atoms with Crippen molar-refractivity contribution in [3.8, 4) is 5.75 Å². The van der Waals surface area contributed by atoms with Crippen molar-refractivity contribution in [1.82, 2.24) is 10.2 Å². The molecule has 0 bridgehead atoms. The molecule has 0 heterocycles. The molecule has 8 nitrogen and oxygen atoms in total. The fraction of sp³-hybridized carbons (Fsp3) is 0.417. The van der Waals surface area contributed by atoms with E-state index in [4.69, 9.17) is 4.74 Å². The maximum absolute atomic E-state index is 13.6. The molecule has 0 spiro atoms. The fourth-order valence-electron chi connectivity index (χ4n) is 3.45. The number of amides is 2. The second-order valence-electron chi connectivity index (χ2n) is 8.20. The third kappa shape index (κ3) is 7.86. The lowest BCUT2D eigenvalue weighted by Crippen LogP contribution is -2.53. The molecule has 1 atom stereocenters. The molecular weight excluding hydrogens is 569 g/mol. The van der Waals surface area contributed by atoms with Crippen molar-refractivity contribution in [2.24, 2.45) is 0 Å². The Kier molecular flexibility index (Phi) is 10.2. The van der Waals surface area contributed by atoms with Crippen molar-refractivity contribution < 1.29 is 22.7 Å². The minimum absolute atomic E-state index is 0.0983. The SMILES string of the molecule is CC[C@@H](C(=O)NC(C)C)N(Cc1ccc(OC)cc1)C(=O)CN(c1ccc(I)cc1)S(C)(=O)=O. The molecule has 0 fully saturated rings. The number of nitrogens with zero attached hydrogens (tertiary/aromatic N) is 2. The van der Waals surface area contributed by atoms with Gasteiger partial charge in [-0.05, 0) is 84.8 Å². The first-order chi connectivity index (χ1) is 16.0. The topological polar surface area (TPSA) is 96.0 Å². The van der Waals surface area contributed by atoms with Crippen LogP contribution in [0.1, 0.15) is 32.8 Å². The highest BCUT2D eigenvalue weighted by atomic mass is 127. The number of sulfonamides is 1. The van der Waals surface area contributed by atoms with Crippen LogP contribution in [0, 0.1) is 3.57 Å². The van der Waals surface area contributed by atoms with Gasteiger partial charge in [-0.1, -0.05) is 19.1 Å². The predicted molar refractivity (Wildman–Crippen MR) is 142 cm³/mol. The summed E-state index contributed by atoms with van der Waals surface area (Å²) in [5.41, 5.74) is 1.19. The first-order valence-electron chi connectivity index (χ1n) is 10.9. The minimum Gasteiger partial charge on any atom is -0.497 e. The summed E-state index contributed by atoms with van der Waals surface area (Å²) in [5.74, 6) is -0.0711. The highest BCUT2D eigenvalue weighted by Crippen LogP contribution is 2.21. The van der Waals surface area contributed by atoms with Gasteiger partial charge in [0.1, 0.15) is 18.3 Å². The number of hydrogen-bond donors (Lipinski definition) is 1. The van der Waals surface area contributed by atoms with Crippen molar-refractivity contribution in [3.05, 3.63) is 57.7 Å². The van der Waals surface area contributed by atoms with Crippen LogP contribution in [-0.2, 0) is 26.2 Å². The van der Waals surface area contributed by atoms with Gasteiger partial charge in [0.2, 0.25) is 21.8 Å². The number of carbonyl (C=O) groups excluding carboxylic acids is 2. The highest BCUT2D eigenvalue weighted by molar-refractivity contribution is 14.1. The Bertz CT molecular complexity index is 1070. The number of benzene rings is 2. The van der Waals surface area contributed by atoms with Crippen LogP contribution < -0.4 is 14.4 Å². The number of nitrogens with one attached hydrogen (secondary N) is 1. The lowest BCUT2D eigenvalue weighted by Gasteiger charge is -2.33. The van der Waals surface area contributed by atoms with Crippen LogP contribution in [0.3, 0.4) is 0 Å². The number of ether oxygens (including phenoxy) is 1. The number of hydrogen-bond acceptors (Lipinski definition) is 5. The predicted octanol–water partition coefficient (Wildman–Crippen LogP) is 3.40. The molecule has 186 valence electrons. The molecule has 0 aliphatic rings. The van der Waals surface area contributed by atoms with Gasteiger partial charge in [0.05, 0.1) is 19.1 Å². The van der Waals surface area contributed by atoms with Crippen LogP contribution >= 0.6 is 22.6 Å². The largest absolute Gasteiger partial charge is 0.497 e. The Balaban J connectivity index is 2.42. The van der Waals surface area contributed by atoms with Crippen molar-refractivity contribution in [2.45, 2.75) is 45.8 Å². The highest BCUT2D eigenvalue weighted by Gasteiger charge is 2.31. The molecule has 0 unspecified atom stereocenters. The second-order valence-corrected chi connectivity index (χ2v) is 11.4. The monoisotopic (exact) mass is 601 g/mol. The van der Waals surface area contributed by atoms with Crippen LogP contribution in [0.25, 0.3) is 0 Å². The third-order valence-electron chi connectivity index (χ3n) is 5.12. The summed E-state index contributed by atoms with van der Waals surface area (Å²) in [4.78, 5) is 28.0. The Morgan fingerprint density at radius 1 is 1.06 bits per heavy atom. The van der Waals surface area contributed by atoms with Gasteiger partial charge in [-0.25, -0.2) is 8.42 Å². The third-order valence-corrected chi connectivity index (χ3v) is 6.98. The molecule has 2 amide bonds. The number of methoxy groups -OCH3 is 1. The Labute approximate surface area is 215 Å². The summed E-state index contributed by atoms with van der Waals surface area (Å²) in [6, 6.07) is 13.2. The van der Waals surface area contributed by atoms with E-state index in [1.807, 2.05) is 32.9 Å². The molecule has 0 saturated heterocycles. The van der Waals surface area contributed by atoms with Gasteiger partial charge in [-0.2, -0.15) is 0 Å². The average molecular weight is 602 g/mol. The van der Waals surface area contributed by atoms with E-state index in [1.54, 1.807) is 43.5 Å². The summed E-state index contributed by atoms with van der Waals surface area (Å²) in [6.45, 7) is 5.26. The zero-order valence-electron chi connectivity index (χ0n) is 20.1. The minimum atomic E-state index is -3.75. The standard InChI is InChI=1S/C24H32IN3O5S/c1-6-22(24(30)26-17(2)3)27(15-18-7-13-21(33-4)14-8-18)23(29)16-28(34(5,31)32)20-11-9-19(25)10-12-20/h7-14,17,22H,6,15-16H2,1-5H3,(H,26,30)/t22-/m0/s1. The van der Waals surface area contributed by atoms with Crippen molar-refractivity contribution in [2.75, 3.05) is 24.2 Å². The van der Waals surface area contributed by atoms with Gasteiger partial charge < -0.3 is 15.0 Å². The van der Waals surface area contributed by atoms with Crippen molar-refractivity contribution in [3.63, 3.8) is 0 Å². The number of rotatable bonds is 11. The van der Waals surface area contributed by atoms with Gasteiger partial charge >= 0.3 is 0 Å². The van der Waals surface area contributed by atoms with Crippen molar-refractivity contribution in [1.29, 1.82) is 0 Å². The smallest absolute Gasteiger partial charge is 0.244 e. The molecular formula is C24H32IN3O5S. The first kappa shape index (κ1) is 27.9. The van der Waals surface area contributed by atoms with E-state index in [2.05, 4.69) is 27.9 Å². The number of anilines is 1. The Morgan fingerprint density at radius 3 is 2.12 bits per heavy atom. The molecule has 0 aliphatic heterocycles. The Morgan fingerprint density at radius 2 is 1.65 bits per heavy atom. The van der Waals surface area contributed by atoms with Gasteiger partial charge in [-0.3, -0.25) is 13.9 Å². The van der Waals surface area contributed by atoms with Gasteiger partial charge in [0.15, 0.2) is 0 Å². The number of halogens is 1. The summed E-state index contributed by atoms with van der Waals surface area (Å²) >= 11 is 2.13. The average Bonchev–Trinajstić information content (AvgIpc) is 2.77. The van der Waals surface area contributed by atoms with Gasteiger partial charge in [0.25, 0.3) is 0 Å². The second kappa shape index (κ2) is 12.4. The van der Waals surface area contributed by atoms with Crippen molar-refractivity contribution >= 4 is 50.1 Å². The maximum atomic E-state index is 13.6. The van der Waals surface area contributed by atoms with Crippen LogP contribution in [-0.4, -0.2) is 57.1 Å². The van der Waals surface area contributed by atoms with E-state index in [9.17, 15) is 18.0 Å². The van der Waals surface area contributed by atoms with E-state index in [-0.39, 0.29) is 18.5 Å². The zero-order valence-corrected chi connectivity index (χ0v) is 23.1. The molecule has 0 radical (unpaired) electrons. The van der Waals surface area contributed by atoms with Crippen LogP contribution in [0.5, 0.6) is 5.75 Å². The molecule has 2 aromatic rings. The first-order valence-corrected chi connectivity index (χ1v) is 13.8. The summed E-state index contributed by atoms with van der Waals surface area (Å²) in [7, 11) is -2.18. The van der Waals surface area contributed by atoms with Gasteiger partial charge in [0, 0.05) is 16.2 Å². The van der Waals surface area contributed by atoms with Gasteiger partial charge in [-0.15, -0.1) is 0 Å². The zero-order chi connectivity index (χ0) is 25.5. The van der Waals surface area contributed by atoms with Crippen LogP contribution in [0.2, 0.25) is 0 Å². The number of carbonyl (C=O) groups is 2. The lowest BCUT2D eigenvalue weighted by molar-refractivity contribution is -0.140. The normalized spacial score (nSPS) is 12.2. The molecule has 1 N–H and O–H groups in total. The molecule has 0 saturated carbocycles. The van der Waals surface area contributed by atoms with Crippen LogP contribution in [0.15, 0.2) is 48.5 Å². The summed E-state index contributed by atoms with van der Waals surface area (Å²) < 4.78 is 32.4. The summed E-state index contributed by atoms with van der Waals surface area (Å²) in [6.07, 6.45) is 1.44. The molecule has 2 aromatic carbocycles. The van der Waals surface area contributed by atoms with Crippen LogP contribution in [0.4, 0.5) is 5.69 Å². The van der Waals surface area contributed by atoms with E-state index >= 15 is 0 Å². The quantitative estimate of drug-likeness (QED) is 0.399. The fourth-order valence-corrected chi connectivity index (χ4v) is 4.66.